The SMILES string of the molecule is CNC(CN(C)C(=O)CCC(=O)C(C)(C)C)C(C)(C)C. The maximum absolute atomic E-state index is 12.1. The number of nitrogens with zero attached hydrogens (tertiary/aromatic N) is 1. The highest BCUT2D eigenvalue weighted by Crippen LogP contribution is 2.20. The summed E-state index contributed by atoms with van der Waals surface area (Å²) in [6, 6.07) is 0.231. The fourth-order valence-corrected chi connectivity index (χ4v) is 1.96. The van der Waals surface area contributed by atoms with E-state index in [1.807, 2.05) is 27.8 Å². The number of nitrogens with one attached hydrogen (secondary N) is 1. The number of ketones is 1. The molecule has 0 aliphatic rings. The van der Waals surface area contributed by atoms with Crippen molar-refractivity contribution < 1.29 is 9.59 Å². The lowest BCUT2D eigenvalue weighted by Gasteiger charge is -2.33. The molecule has 20 heavy (non-hydrogen) atoms. The first-order chi connectivity index (χ1) is 8.89. The van der Waals surface area contributed by atoms with Crippen LogP contribution in [0.4, 0.5) is 0 Å². The molecule has 0 aromatic heterocycles. The molecule has 4 nitrogen and oxygen atoms in total. The number of amides is 1. The van der Waals surface area contributed by atoms with Crippen LogP contribution in [0.25, 0.3) is 0 Å². The Labute approximate surface area is 124 Å². The Bertz CT molecular complexity index is 337. The molecule has 0 bridgehead atoms. The van der Waals surface area contributed by atoms with Crippen molar-refractivity contribution in [1.82, 2.24) is 10.2 Å². The van der Waals surface area contributed by atoms with E-state index in [2.05, 4.69) is 26.1 Å². The quantitative estimate of drug-likeness (QED) is 0.815. The van der Waals surface area contributed by atoms with Crippen LogP contribution in [0.5, 0.6) is 0 Å². The number of hydrogen-bond donors (Lipinski definition) is 1. The standard InChI is InChI=1S/C16H32N2O2/c1-15(2,3)12(17-7)11-18(8)14(20)10-9-13(19)16(4,5)6/h12,17H,9-11H2,1-8H3. The lowest BCUT2D eigenvalue weighted by Crippen LogP contribution is -2.47. The average molecular weight is 284 g/mol. The molecule has 0 saturated heterocycles. The molecule has 4 heteroatoms. The van der Waals surface area contributed by atoms with Crippen molar-refractivity contribution in [2.45, 2.75) is 60.4 Å². The van der Waals surface area contributed by atoms with Gasteiger partial charge >= 0.3 is 0 Å². The molecule has 0 aromatic rings. The largest absolute Gasteiger partial charge is 0.344 e. The molecule has 0 spiro atoms. The highest BCUT2D eigenvalue weighted by Gasteiger charge is 2.26. The van der Waals surface area contributed by atoms with Gasteiger partial charge in [0.1, 0.15) is 5.78 Å². The molecule has 118 valence electrons. The summed E-state index contributed by atoms with van der Waals surface area (Å²) >= 11 is 0. The third kappa shape index (κ3) is 6.51. The van der Waals surface area contributed by atoms with Crippen molar-refractivity contribution >= 4 is 11.7 Å². The van der Waals surface area contributed by atoms with Crippen molar-refractivity contribution in [2.75, 3.05) is 20.6 Å². The number of rotatable bonds is 6. The summed E-state index contributed by atoms with van der Waals surface area (Å²) in [5.74, 6) is 0.173. The second kappa shape index (κ2) is 7.21. The normalized spacial score (nSPS) is 14.0. The average Bonchev–Trinajstić information content (AvgIpc) is 2.29. The molecule has 0 rings (SSSR count). The molecule has 0 aromatic carbocycles. The maximum Gasteiger partial charge on any atom is 0.222 e. The Balaban J connectivity index is 4.40. The van der Waals surface area contributed by atoms with Crippen molar-refractivity contribution in [3.8, 4) is 0 Å². The molecular formula is C16H32N2O2. The molecule has 0 radical (unpaired) electrons. The van der Waals surface area contributed by atoms with E-state index < -0.39 is 0 Å². The summed E-state index contributed by atoms with van der Waals surface area (Å²) in [7, 11) is 3.72. The highest BCUT2D eigenvalue weighted by molar-refractivity contribution is 5.88. The number of Topliss-reactive ketones (excluding diaryl/α,β-unsaturated/α-hetero) is 1. The zero-order valence-electron chi connectivity index (χ0n) is 14.5. The summed E-state index contributed by atoms with van der Waals surface area (Å²) in [5.41, 5.74) is -0.276. The molecule has 0 aliphatic carbocycles. The second-order valence-electron chi connectivity index (χ2n) is 7.65. The molecule has 0 aliphatic heterocycles. The van der Waals surface area contributed by atoms with Crippen LogP contribution in [0, 0.1) is 10.8 Å². The van der Waals surface area contributed by atoms with Crippen LogP contribution < -0.4 is 5.32 Å². The Morgan fingerprint density at radius 3 is 1.90 bits per heavy atom. The van der Waals surface area contributed by atoms with Crippen LogP contribution >= 0.6 is 0 Å². The minimum absolute atomic E-state index is 0.0344. The molecule has 0 fully saturated rings. The predicted octanol–water partition coefficient (Wildman–Crippen LogP) is 2.47. The van der Waals surface area contributed by atoms with Gasteiger partial charge in [0.05, 0.1) is 0 Å². The first kappa shape index (κ1) is 19.1. The van der Waals surface area contributed by atoms with E-state index in [1.165, 1.54) is 0 Å². The Kier molecular flexibility index (Phi) is 6.88. The smallest absolute Gasteiger partial charge is 0.222 e. The number of hydrogen-bond acceptors (Lipinski definition) is 3. The van der Waals surface area contributed by atoms with Gasteiger partial charge in [-0.3, -0.25) is 9.59 Å². The molecule has 0 heterocycles. The van der Waals surface area contributed by atoms with Crippen LogP contribution in [0.15, 0.2) is 0 Å². The van der Waals surface area contributed by atoms with E-state index in [4.69, 9.17) is 0 Å². The summed E-state index contributed by atoms with van der Waals surface area (Å²) in [6.07, 6.45) is 0.625. The van der Waals surface area contributed by atoms with Gasteiger partial charge in [-0.25, -0.2) is 0 Å². The third-order valence-electron chi connectivity index (χ3n) is 3.68. The van der Waals surface area contributed by atoms with E-state index in [1.54, 1.807) is 11.9 Å². The first-order valence-electron chi connectivity index (χ1n) is 7.34. The van der Waals surface area contributed by atoms with E-state index in [0.717, 1.165) is 0 Å². The number of likely N-dealkylation sites (N-methyl/N-ethyl adjacent to an activating group) is 2. The molecule has 1 N–H and O–H groups in total. The van der Waals surface area contributed by atoms with Crippen LogP contribution in [0.1, 0.15) is 54.4 Å². The van der Waals surface area contributed by atoms with Gasteiger partial charge in [-0.2, -0.15) is 0 Å². The zero-order valence-corrected chi connectivity index (χ0v) is 14.5. The Morgan fingerprint density at radius 1 is 1.05 bits per heavy atom. The van der Waals surface area contributed by atoms with Crippen molar-refractivity contribution in [3.63, 3.8) is 0 Å². The fourth-order valence-electron chi connectivity index (χ4n) is 1.96. The van der Waals surface area contributed by atoms with Crippen LogP contribution in [0.2, 0.25) is 0 Å². The Hall–Kier alpha value is -0.900. The minimum atomic E-state index is -0.363. The van der Waals surface area contributed by atoms with Crippen molar-refractivity contribution in [2.24, 2.45) is 10.8 Å². The van der Waals surface area contributed by atoms with Gasteiger partial charge in [0.25, 0.3) is 0 Å². The second-order valence-corrected chi connectivity index (χ2v) is 7.65. The van der Waals surface area contributed by atoms with Gasteiger partial charge in [-0.1, -0.05) is 41.5 Å². The van der Waals surface area contributed by atoms with Gasteiger partial charge in [-0.05, 0) is 12.5 Å². The van der Waals surface area contributed by atoms with Crippen LogP contribution in [-0.2, 0) is 9.59 Å². The predicted molar refractivity (Wildman–Crippen MR) is 83.6 cm³/mol. The topological polar surface area (TPSA) is 49.4 Å². The van der Waals surface area contributed by atoms with Gasteiger partial charge in [-0.15, -0.1) is 0 Å². The fraction of sp³-hybridized carbons (Fsp3) is 0.875. The number of carbonyl (C=O) groups excluding carboxylic acids is 2. The molecule has 0 saturated carbocycles. The van der Waals surface area contributed by atoms with Crippen LogP contribution in [0.3, 0.4) is 0 Å². The van der Waals surface area contributed by atoms with E-state index in [-0.39, 0.29) is 28.6 Å². The highest BCUT2D eigenvalue weighted by atomic mass is 16.2. The molecule has 1 amide bonds. The molecular weight excluding hydrogens is 252 g/mol. The third-order valence-corrected chi connectivity index (χ3v) is 3.68. The van der Waals surface area contributed by atoms with Crippen LogP contribution in [-0.4, -0.2) is 43.3 Å². The van der Waals surface area contributed by atoms with E-state index in [9.17, 15) is 9.59 Å². The first-order valence-corrected chi connectivity index (χ1v) is 7.34. The minimum Gasteiger partial charge on any atom is -0.344 e. The zero-order chi connectivity index (χ0) is 16.1. The Morgan fingerprint density at radius 2 is 1.55 bits per heavy atom. The van der Waals surface area contributed by atoms with Gasteiger partial charge < -0.3 is 10.2 Å². The monoisotopic (exact) mass is 284 g/mol. The summed E-state index contributed by atoms with van der Waals surface area (Å²) in [4.78, 5) is 25.7. The molecule has 1 unspecified atom stereocenters. The van der Waals surface area contributed by atoms with Crippen molar-refractivity contribution in [3.05, 3.63) is 0 Å². The van der Waals surface area contributed by atoms with E-state index in [0.29, 0.717) is 19.4 Å². The van der Waals surface area contributed by atoms with Gasteiger partial charge in [0.2, 0.25) is 5.91 Å². The molecule has 1 atom stereocenters. The lowest BCUT2D eigenvalue weighted by molar-refractivity contribution is -0.134. The lowest BCUT2D eigenvalue weighted by atomic mass is 9.86. The van der Waals surface area contributed by atoms with Gasteiger partial charge in [0, 0.05) is 37.9 Å². The summed E-state index contributed by atoms with van der Waals surface area (Å²) in [5, 5.41) is 3.26. The van der Waals surface area contributed by atoms with Crippen molar-refractivity contribution in [1.29, 1.82) is 0 Å². The van der Waals surface area contributed by atoms with E-state index >= 15 is 0 Å². The van der Waals surface area contributed by atoms with Gasteiger partial charge in [0.15, 0.2) is 0 Å². The maximum atomic E-state index is 12.1. The summed E-state index contributed by atoms with van der Waals surface area (Å²) in [6.45, 7) is 12.8. The summed E-state index contributed by atoms with van der Waals surface area (Å²) < 4.78 is 0. The number of carbonyl (C=O) groups is 2.